The van der Waals surface area contributed by atoms with Gasteiger partial charge in [-0.05, 0) is 29.8 Å². The van der Waals surface area contributed by atoms with Crippen molar-refractivity contribution in [2.75, 3.05) is 0 Å². The van der Waals surface area contributed by atoms with Crippen molar-refractivity contribution in [1.82, 2.24) is 4.57 Å². The Kier molecular flexibility index (Phi) is 3.16. The number of ether oxygens (including phenoxy) is 1. The van der Waals surface area contributed by atoms with E-state index < -0.39 is 0 Å². The SMILES string of the molecule is CCC(=O)Oc1cccc(-c2csc3c2-n2cccc2C3=O)c1. The highest BCUT2D eigenvalue weighted by atomic mass is 32.1. The molecule has 0 bridgehead atoms. The Morgan fingerprint density at radius 1 is 1.26 bits per heavy atom. The predicted octanol–water partition coefficient (Wildman–Crippen LogP) is 4.07. The molecule has 4 rings (SSSR count). The Hall–Kier alpha value is -2.66. The molecule has 3 heterocycles. The van der Waals surface area contributed by atoms with Gasteiger partial charge in [-0.25, -0.2) is 0 Å². The number of hydrogen-bond donors (Lipinski definition) is 0. The molecule has 1 aliphatic heterocycles. The molecule has 0 spiro atoms. The molecule has 0 atom stereocenters. The number of carbonyl (C=O) groups excluding carboxylic acids is 2. The molecule has 0 radical (unpaired) electrons. The van der Waals surface area contributed by atoms with Gasteiger partial charge in [0.2, 0.25) is 5.78 Å². The fourth-order valence-electron chi connectivity index (χ4n) is 2.76. The van der Waals surface area contributed by atoms with Gasteiger partial charge in [-0.15, -0.1) is 11.3 Å². The van der Waals surface area contributed by atoms with Crippen molar-refractivity contribution in [1.29, 1.82) is 0 Å². The van der Waals surface area contributed by atoms with E-state index in [4.69, 9.17) is 4.74 Å². The van der Waals surface area contributed by atoms with Crippen LogP contribution in [0.4, 0.5) is 0 Å². The van der Waals surface area contributed by atoms with Crippen LogP contribution in [0.5, 0.6) is 5.75 Å². The van der Waals surface area contributed by atoms with Crippen LogP contribution in [0.15, 0.2) is 48.0 Å². The molecule has 0 saturated carbocycles. The highest BCUT2D eigenvalue weighted by Gasteiger charge is 2.30. The second kappa shape index (κ2) is 5.21. The monoisotopic (exact) mass is 323 g/mol. The molecule has 0 saturated heterocycles. The fourth-order valence-corrected chi connectivity index (χ4v) is 3.78. The Morgan fingerprint density at radius 3 is 2.96 bits per heavy atom. The van der Waals surface area contributed by atoms with Crippen molar-refractivity contribution in [3.63, 3.8) is 0 Å². The van der Waals surface area contributed by atoms with Crippen molar-refractivity contribution >= 4 is 23.1 Å². The van der Waals surface area contributed by atoms with E-state index in [0.717, 1.165) is 21.7 Å². The number of carbonyl (C=O) groups is 2. The van der Waals surface area contributed by atoms with Crippen LogP contribution in [0.2, 0.25) is 0 Å². The lowest BCUT2D eigenvalue weighted by Crippen LogP contribution is -2.05. The molecule has 1 aromatic carbocycles. The number of esters is 1. The summed E-state index contributed by atoms with van der Waals surface area (Å²) in [6.07, 6.45) is 2.23. The van der Waals surface area contributed by atoms with Gasteiger partial charge < -0.3 is 9.30 Å². The van der Waals surface area contributed by atoms with Crippen LogP contribution in [-0.4, -0.2) is 16.3 Å². The Balaban J connectivity index is 1.80. The van der Waals surface area contributed by atoms with Gasteiger partial charge >= 0.3 is 5.97 Å². The zero-order valence-corrected chi connectivity index (χ0v) is 13.2. The van der Waals surface area contributed by atoms with Crippen LogP contribution in [0, 0.1) is 0 Å². The van der Waals surface area contributed by atoms with Crippen LogP contribution in [0.1, 0.15) is 28.7 Å². The van der Waals surface area contributed by atoms with Crippen molar-refractivity contribution in [2.24, 2.45) is 0 Å². The molecule has 5 heteroatoms. The van der Waals surface area contributed by atoms with Crippen LogP contribution in [0.3, 0.4) is 0 Å². The minimum Gasteiger partial charge on any atom is -0.427 e. The number of nitrogens with zero attached hydrogens (tertiary/aromatic N) is 1. The molecule has 1 aliphatic rings. The van der Waals surface area contributed by atoms with Crippen LogP contribution >= 0.6 is 11.3 Å². The summed E-state index contributed by atoms with van der Waals surface area (Å²) in [6.45, 7) is 1.76. The summed E-state index contributed by atoms with van der Waals surface area (Å²) in [7, 11) is 0. The quantitative estimate of drug-likeness (QED) is 0.422. The van der Waals surface area contributed by atoms with Gasteiger partial charge in [0, 0.05) is 23.6 Å². The third kappa shape index (κ3) is 2.12. The summed E-state index contributed by atoms with van der Waals surface area (Å²) < 4.78 is 7.21. The smallest absolute Gasteiger partial charge is 0.310 e. The van der Waals surface area contributed by atoms with Gasteiger partial charge in [-0.3, -0.25) is 9.59 Å². The Bertz CT molecular complexity index is 935. The largest absolute Gasteiger partial charge is 0.427 e. The summed E-state index contributed by atoms with van der Waals surface area (Å²) in [5.41, 5.74) is 3.52. The molecule has 0 aliphatic carbocycles. The summed E-state index contributed by atoms with van der Waals surface area (Å²) in [4.78, 5) is 24.6. The first kappa shape index (κ1) is 14.0. The van der Waals surface area contributed by atoms with Gasteiger partial charge in [0.25, 0.3) is 0 Å². The minimum atomic E-state index is -0.263. The second-order valence-corrected chi connectivity index (χ2v) is 6.15. The highest BCUT2D eigenvalue weighted by molar-refractivity contribution is 7.13. The van der Waals surface area contributed by atoms with E-state index in [0.29, 0.717) is 17.9 Å². The topological polar surface area (TPSA) is 48.3 Å². The first-order chi connectivity index (χ1) is 11.2. The minimum absolute atomic E-state index is 0.0646. The van der Waals surface area contributed by atoms with E-state index in [1.165, 1.54) is 11.3 Å². The molecule has 0 N–H and O–H groups in total. The number of fused-ring (bicyclic) bond motifs is 3. The van der Waals surface area contributed by atoms with E-state index in [9.17, 15) is 9.59 Å². The summed E-state index contributed by atoms with van der Waals surface area (Å²) >= 11 is 1.45. The van der Waals surface area contributed by atoms with Gasteiger partial charge in [0.1, 0.15) is 10.6 Å². The van der Waals surface area contributed by atoms with E-state index in [1.807, 2.05) is 46.5 Å². The average Bonchev–Trinajstić information content (AvgIpc) is 3.24. The first-order valence-corrected chi connectivity index (χ1v) is 8.22. The van der Waals surface area contributed by atoms with Crippen LogP contribution in [0.25, 0.3) is 16.8 Å². The second-order valence-electron chi connectivity index (χ2n) is 5.28. The predicted molar refractivity (Wildman–Crippen MR) is 88.4 cm³/mol. The fraction of sp³-hybridized carbons (Fsp3) is 0.111. The zero-order chi connectivity index (χ0) is 16.0. The average molecular weight is 323 g/mol. The van der Waals surface area contributed by atoms with E-state index in [-0.39, 0.29) is 11.8 Å². The molecule has 3 aromatic rings. The Labute approximate surface area is 136 Å². The molecule has 0 unspecified atom stereocenters. The van der Waals surface area contributed by atoms with E-state index >= 15 is 0 Å². The van der Waals surface area contributed by atoms with E-state index in [1.54, 1.807) is 13.0 Å². The number of ketones is 1. The maximum Gasteiger partial charge on any atom is 0.310 e. The van der Waals surface area contributed by atoms with E-state index in [2.05, 4.69) is 0 Å². The molecule has 2 aromatic heterocycles. The zero-order valence-electron chi connectivity index (χ0n) is 12.4. The third-order valence-electron chi connectivity index (χ3n) is 3.86. The Morgan fingerprint density at radius 2 is 2.13 bits per heavy atom. The lowest BCUT2D eigenvalue weighted by Gasteiger charge is -2.07. The molecular formula is C18H13NO3S. The molecular weight excluding hydrogens is 310 g/mol. The third-order valence-corrected chi connectivity index (χ3v) is 4.83. The van der Waals surface area contributed by atoms with Crippen molar-refractivity contribution in [3.05, 3.63) is 58.5 Å². The van der Waals surface area contributed by atoms with Gasteiger partial charge in [0.05, 0.1) is 11.4 Å². The lowest BCUT2D eigenvalue weighted by atomic mass is 10.1. The highest BCUT2D eigenvalue weighted by Crippen LogP contribution is 2.41. The van der Waals surface area contributed by atoms with Crippen molar-refractivity contribution in [2.45, 2.75) is 13.3 Å². The van der Waals surface area contributed by atoms with Crippen molar-refractivity contribution in [3.8, 4) is 22.6 Å². The summed E-state index contributed by atoms with van der Waals surface area (Å²) in [5, 5.41) is 1.98. The number of hydrogen-bond acceptors (Lipinski definition) is 4. The summed E-state index contributed by atoms with van der Waals surface area (Å²) in [5.74, 6) is 0.321. The van der Waals surface area contributed by atoms with Gasteiger partial charge in [-0.1, -0.05) is 19.1 Å². The number of thiophene rings is 1. The molecule has 4 nitrogen and oxygen atoms in total. The van der Waals surface area contributed by atoms with Gasteiger partial charge in [0.15, 0.2) is 0 Å². The van der Waals surface area contributed by atoms with Crippen molar-refractivity contribution < 1.29 is 14.3 Å². The maximum atomic E-state index is 12.4. The lowest BCUT2D eigenvalue weighted by molar-refractivity contribution is -0.134. The van der Waals surface area contributed by atoms with Crippen LogP contribution < -0.4 is 4.74 Å². The standard InChI is InChI=1S/C18H13NO3S/c1-2-15(20)22-12-6-3-5-11(9-12)13-10-23-18-16(13)19-8-4-7-14(19)17(18)21/h3-10H,2H2,1H3. The van der Waals surface area contributed by atoms with Crippen LogP contribution in [-0.2, 0) is 4.79 Å². The maximum absolute atomic E-state index is 12.4. The number of aromatic nitrogens is 1. The molecule has 23 heavy (non-hydrogen) atoms. The molecule has 0 fully saturated rings. The number of rotatable bonds is 3. The molecule has 0 amide bonds. The normalized spacial score (nSPS) is 12.1. The summed E-state index contributed by atoms with van der Waals surface area (Å²) in [6, 6.07) is 11.1. The van der Waals surface area contributed by atoms with Gasteiger partial charge in [-0.2, -0.15) is 0 Å². The molecule has 114 valence electrons. The first-order valence-electron chi connectivity index (χ1n) is 7.34. The number of benzene rings is 1.